The van der Waals surface area contributed by atoms with Gasteiger partial charge >= 0.3 is 0 Å². The Labute approximate surface area is 79.9 Å². The number of alkyl halides is 2. The van der Waals surface area contributed by atoms with E-state index in [0.29, 0.717) is 8.95 Å². The van der Waals surface area contributed by atoms with Crippen molar-refractivity contribution in [3.05, 3.63) is 32.7 Å². The molecule has 0 amide bonds. The molecule has 0 fully saturated rings. The van der Waals surface area contributed by atoms with E-state index in [4.69, 9.17) is 0 Å². The van der Waals surface area contributed by atoms with Crippen LogP contribution >= 0.6 is 31.9 Å². The summed E-state index contributed by atoms with van der Waals surface area (Å²) in [6.45, 7) is 0. The van der Waals surface area contributed by atoms with Gasteiger partial charge in [0.15, 0.2) is 0 Å². The minimum absolute atomic E-state index is 0.0133. The van der Waals surface area contributed by atoms with Gasteiger partial charge in [0.25, 0.3) is 6.43 Å². The van der Waals surface area contributed by atoms with Crippen LogP contribution in [0.2, 0.25) is 0 Å². The van der Waals surface area contributed by atoms with E-state index in [1.807, 2.05) is 0 Å². The zero-order valence-corrected chi connectivity index (χ0v) is 8.49. The minimum Gasteiger partial charge on any atom is -0.205 e. The van der Waals surface area contributed by atoms with Crippen molar-refractivity contribution in [2.45, 2.75) is 6.43 Å². The van der Waals surface area contributed by atoms with Crippen molar-refractivity contribution in [3.8, 4) is 0 Å². The Kier molecular flexibility index (Phi) is 3.01. The maximum absolute atomic E-state index is 12.2. The molecule has 0 spiro atoms. The summed E-state index contributed by atoms with van der Waals surface area (Å²) in [5, 5.41) is 0. The van der Waals surface area contributed by atoms with Gasteiger partial charge in [0.1, 0.15) is 0 Å². The first-order valence-electron chi connectivity index (χ1n) is 2.85. The maximum atomic E-state index is 12.2. The van der Waals surface area contributed by atoms with Crippen LogP contribution in [-0.2, 0) is 0 Å². The van der Waals surface area contributed by atoms with E-state index in [-0.39, 0.29) is 5.56 Å². The van der Waals surface area contributed by atoms with Crippen LogP contribution < -0.4 is 0 Å². The lowest BCUT2D eigenvalue weighted by Gasteiger charge is -2.03. The molecule has 0 radical (unpaired) electrons. The fourth-order valence-corrected chi connectivity index (χ4v) is 1.51. The van der Waals surface area contributed by atoms with Crippen LogP contribution in [0.4, 0.5) is 8.78 Å². The quantitative estimate of drug-likeness (QED) is 0.727. The Morgan fingerprint density at radius 3 is 2.27 bits per heavy atom. The molecule has 0 atom stereocenters. The van der Waals surface area contributed by atoms with Crippen molar-refractivity contribution in [2.24, 2.45) is 0 Å². The second-order valence-electron chi connectivity index (χ2n) is 1.94. The van der Waals surface area contributed by atoms with Crippen molar-refractivity contribution in [1.82, 2.24) is 0 Å². The summed E-state index contributed by atoms with van der Waals surface area (Å²) in [4.78, 5) is 0. The molecule has 0 aromatic heterocycles. The average Bonchev–Trinajstić information content (AvgIpc) is 1.94. The van der Waals surface area contributed by atoms with Crippen LogP contribution in [0.25, 0.3) is 0 Å². The first-order chi connectivity index (χ1) is 5.13. The maximum Gasteiger partial charge on any atom is 0.264 e. The molecule has 0 aliphatic heterocycles. The van der Waals surface area contributed by atoms with Gasteiger partial charge in [-0.15, -0.1) is 0 Å². The van der Waals surface area contributed by atoms with Crippen LogP contribution in [-0.4, -0.2) is 0 Å². The summed E-state index contributed by atoms with van der Waals surface area (Å²) in [5.41, 5.74) is 0.0133. The minimum atomic E-state index is -2.43. The Morgan fingerprint density at radius 1 is 1.18 bits per heavy atom. The van der Waals surface area contributed by atoms with Crippen molar-refractivity contribution in [1.29, 1.82) is 0 Å². The Bertz CT molecular complexity index is 261. The Morgan fingerprint density at radius 2 is 1.82 bits per heavy atom. The third kappa shape index (κ3) is 1.99. The zero-order chi connectivity index (χ0) is 8.43. The van der Waals surface area contributed by atoms with Gasteiger partial charge in [-0.05, 0) is 37.9 Å². The van der Waals surface area contributed by atoms with Crippen LogP contribution in [0.3, 0.4) is 0 Å². The van der Waals surface area contributed by atoms with Crippen LogP contribution in [0.5, 0.6) is 0 Å². The van der Waals surface area contributed by atoms with Crippen LogP contribution in [0, 0.1) is 0 Å². The molecule has 0 aliphatic carbocycles. The predicted octanol–water partition coefficient (Wildman–Crippen LogP) is 4.15. The highest BCUT2D eigenvalue weighted by Gasteiger charge is 2.12. The van der Waals surface area contributed by atoms with Crippen LogP contribution in [0.15, 0.2) is 27.1 Å². The van der Waals surface area contributed by atoms with E-state index in [1.54, 1.807) is 12.1 Å². The van der Waals surface area contributed by atoms with E-state index >= 15 is 0 Å². The first-order valence-corrected chi connectivity index (χ1v) is 4.43. The van der Waals surface area contributed by atoms with Gasteiger partial charge in [-0.2, -0.15) is 0 Å². The van der Waals surface area contributed by atoms with Crippen molar-refractivity contribution in [3.63, 3.8) is 0 Å². The van der Waals surface area contributed by atoms with Gasteiger partial charge in [0.2, 0.25) is 0 Å². The summed E-state index contributed by atoms with van der Waals surface area (Å²) in [6, 6.07) is 4.67. The van der Waals surface area contributed by atoms with E-state index in [1.165, 1.54) is 6.07 Å². The van der Waals surface area contributed by atoms with E-state index in [9.17, 15) is 8.78 Å². The normalized spacial score (nSPS) is 10.6. The lowest BCUT2D eigenvalue weighted by molar-refractivity contribution is 0.150. The molecule has 0 saturated carbocycles. The van der Waals surface area contributed by atoms with E-state index in [0.717, 1.165) is 0 Å². The lowest BCUT2D eigenvalue weighted by atomic mass is 10.2. The number of halogens is 4. The smallest absolute Gasteiger partial charge is 0.205 e. The van der Waals surface area contributed by atoms with Gasteiger partial charge in [-0.1, -0.05) is 12.1 Å². The third-order valence-corrected chi connectivity index (χ3v) is 3.29. The standard InChI is InChI=1S/C7H4Br2F2/c8-5-3-1-2-4(6(5)9)7(10)11/h1-3,7H. The molecular formula is C7H4Br2F2. The SMILES string of the molecule is FC(F)c1cccc(Br)c1Br. The molecule has 11 heavy (non-hydrogen) atoms. The third-order valence-electron chi connectivity index (χ3n) is 1.22. The zero-order valence-electron chi connectivity index (χ0n) is 5.32. The second-order valence-corrected chi connectivity index (χ2v) is 3.59. The summed E-state index contributed by atoms with van der Waals surface area (Å²) in [5.74, 6) is 0. The molecule has 4 heteroatoms. The van der Waals surface area contributed by atoms with E-state index in [2.05, 4.69) is 31.9 Å². The molecule has 0 saturated heterocycles. The lowest BCUT2D eigenvalue weighted by Crippen LogP contribution is -1.85. The summed E-state index contributed by atoms with van der Waals surface area (Å²) < 4.78 is 25.4. The molecule has 1 rings (SSSR count). The number of rotatable bonds is 1. The van der Waals surface area contributed by atoms with Gasteiger partial charge in [-0.3, -0.25) is 0 Å². The van der Waals surface area contributed by atoms with Gasteiger partial charge < -0.3 is 0 Å². The summed E-state index contributed by atoms with van der Waals surface area (Å²) >= 11 is 6.19. The number of hydrogen-bond acceptors (Lipinski definition) is 0. The van der Waals surface area contributed by atoms with Gasteiger partial charge in [-0.25, -0.2) is 8.78 Å². The fraction of sp³-hybridized carbons (Fsp3) is 0.143. The summed E-state index contributed by atoms with van der Waals surface area (Å²) in [6.07, 6.45) is -2.43. The monoisotopic (exact) mass is 284 g/mol. The molecular weight excluding hydrogens is 282 g/mol. The van der Waals surface area contributed by atoms with Gasteiger partial charge in [0.05, 0.1) is 0 Å². The topological polar surface area (TPSA) is 0 Å². The predicted molar refractivity (Wildman–Crippen MR) is 46.8 cm³/mol. The molecule has 0 unspecified atom stereocenters. The van der Waals surface area contributed by atoms with Crippen molar-refractivity contribution in [2.75, 3.05) is 0 Å². The largest absolute Gasteiger partial charge is 0.264 e. The molecule has 0 nitrogen and oxygen atoms in total. The molecule has 0 N–H and O–H groups in total. The first kappa shape index (κ1) is 9.13. The second kappa shape index (κ2) is 3.63. The van der Waals surface area contributed by atoms with Gasteiger partial charge in [0, 0.05) is 14.5 Å². The molecule has 60 valence electrons. The number of hydrogen-bond donors (Lipinski definition) is 0. The molecule has 1 aromatic carbocycles. The van der Waals surface area contributed by atoms with Crippen molar-refractivity contribution < 1.29 is 8.78 Å². The molecule has 1 aromatic rings. The highest BCUT2D eigenvalue weighted by atomic mass is 79.9. The molecule has 0 aliphatic rings. The Balaban J connectivity index is 3.17. The molecule has 0 bridgehead atoms. The number of benzene rings is 1. The van der Waals surface area contributed by atoms with E-state index < -0.39 is 6.43 Å². The highest BCUT2D eigenvalue weighted by molar-refractivity contribution is 9.13. The Hall–Kier alpha value is 0.0400. The fourth-order valence-electron chi connectivity index (χ4n) is 0.689. The molecule has 0 heterocycles. The highest BCUT2D eigenvalue weighted by Crippen LogP contribution is 2.32. The average molecular weight is 286 g/mol. The van der Waals surface area contributed by atoms with Crippen molar-refractivity contribution >= 4 is 31.9 Å². The van der Waals surface area contributed by atoms with Crippen LogP contribution in [0.1, 0.15) is 12.0 Å². The summed E-state index contributed by atoms with van der Waals surface area (Å²) in [7, 11) is 0.